The molecule has 2 atom stereocenters. The van der Waals surface area contributed by atoms with Gasteiger partial charge in [-0.2, -0.15) is 0 Å². The molecule has 0 spiro atoms. The first-order chi connectivity index (χ1) is 12.8. The van der Waals surface area contributed by atoms with Crippen LogP contribution in [0.3, 0.4) is 0 Å². The Morgan fingerprint density at radius 2 is 1.74 bits per heavy atom. The first-order valence-corrected chi connectivity index (χ1v) is 9.10. The highest BCUT2D eigenvalue weighted by atomic mass is 19.2. The van der Waals surface area contributed by atoms with E-state index in [1.165, 1.54) is 14.0 Å². The monoisotopic (exact) mass is 380 g/mol. The zero-order valence-corrected chi connectivity index (χ0v) is 16.9. The lowest BCUT2D eigenvalue weighted by Crippen LogP contribution is -2.22. The van der Waals surface area contributed by atoms with E-state index < -0.39 is 11.7 Å². The fourth-order valence-electron chi connectivity index (χ4n) is 2.48. The van der Waals surface area contributed by atoms with Crippen molar-refractivity contribution in [3.63, 3.8) is 0 Å². The van der Waals surface area contributed by atoms with Crippen LogP contribution in [0.15, 0.2) is 53.8 Å². The third-order valence-electron chi connectivity index (χ3n) is 4.30. The molecular formula is C22H30F2O3. The molecule has 0 aromatic heterocycles. The molecule has 0 aliphatic heterocycles. The number of rotatable bonds is 11. The summed E-state index contributed by atoms with van der Waals surface area (Å²) in [4.78, 5) is 0. The maximum absolute atomic E-state index is 14.4. The Hall–Kier alpha value is -2.14. The number of methoxy groups -OCH3 is 1. The predicted octanol–water partition coefficient (Wildman–Crippen LogP) is 6.23. The van der Waals surface area contributed by atoms with Gasteiger partial charge in [0.25, 0.3) is 0 Å². The first kappa shape index (κ1) is 22.9. The molecule has 3 nitrogen and oxygen atoms in total. The fourth-order valence-corrected chi connectivity index (χ4v) is 2.48. The second-order valence-corrected chi connectivity index (χ2v) is 6.40. The fraction of sp³-hybridized carbons (Fsp3) is 0.455. The van der Waals surface area contributed by atoms with Crippen molar-refractivity contribution in [2.75, 3.05) is 20.3 Å². The topological polar surface area (TPSA) is 27.7 Å². The molecule has 27 heavy (non-hydrogen) atoms. The number of hydrogen-bond donors (Lipinski definition) is 0. The summed E-state index contributed by atoms with van der Waals surface area (Å²) < 4.78 is 44.6. The van der Waals surface area contributed by atoms with E-state index in [0.29, 0.717) is 18.6 Å². The average Bonchev–Trinajstić information content (AvgIpc) is 2.70. The van der Waals surface area contributed by atoms with E-state index in [4.69, 9.17) is 14.2 Å². The Labute approximate surface area is 161 Å². The normalized spacial score (nSPS) is 15.4. The smallest absolute Gasteiger partial charge is 0.195 e. The lowest BCUT2D eigenvalue weighted by atomic mass is 9.98. The van der Waals surface area contributed by atoms with Crippen LogP contribution in [-0.4, -0.2) is 26.4 Å². The van der Waals surface area contributed by atoms with E-state index >= 15 is 0 Å². The molecule has 0 saturated carbocycles. The van der Waals surface area contributed by atoms with Gasteiger partial charge in [-0.25, -0.2) is 8.78 Å². The maximum Gasteiger partial charge on any atom is 0.195 e. The SMILES string of the molecule is C=Cc1ccc(OCC(C)OCC(C)/C(CC)=C(F)/C(F)=C(\C)OC)cc1. The van der Waals surface area contributed by atoms with Gasteiger partial charge in [-0.15, -0.1) is 0 Å². The molecule has 2 unspecified atom stereocenters. The maximum atomic E-state index is 14.4. The zero-order valence-electron chi connectivity index (χ0n) is 16.9. The third kappa shape index (κ3) is 7.18. The number of allylic oxidation sites excluding steroid dienone is 3. The van der Waals surface area contributed by atoms with Crippen LogP contribution >= 0.6 is 0 Å². The highest BCUT2D eigenvalue weighted by Crippen LogP contribution is 2.28. The third-order valence-corrected chi connectivity index (χ3v) is 4.30. The summed E-state index contributed by atoms with van der Waals surface area (Å²) in [6.07, 6.45) is 1.97. The predicted molar refractivity (Wildman–Crippen MR) is 106 cm³/mol. The summed E-state index contributed by atoms with van der Waals surface area (Å²) in [6, 6.07) is 7.57. The summed E-state index contributed by atoms with van der Waals surface area (Å²) in [5.74, 6) is -1.42. The second kappa shape index (κ2) is 11.5. The van der Waals surface area contributed by atoms with Gasteiger partial charge < -0.3 is 14.2 Å². The molecule has 0 saturated heterocycles. The quantitative estimate of drug-likeness (QED) is 0.336. The van der Waals surface area contributed by atoms with Crippen molar-refractivity contribution in [1.29, 1.82) is 0 Å². The van der Waals surface area contributed by atoms with Gasteiger partial charge in [-0.1, -0.05) is 38.6 Å². The number of halogens is 2. The van der Waals surface area contributed by atoms with E-state index in [1.54, 1.807) is 13.0 Å². The molecule has 0 aliphatic rings. The minimum absolute atomic E-state index is 0.0733. The zero-order chi connectivity index (χ0) is 20.4. The average molecular weight is 380 g/mol. The Bertz CT molecular complexity index is 663. The molecule has 0 radical (unpaired) electrons. The Morgan fingerprint density at radius 1 is 1.11 bits per heavy atom. The lowest BCUT2D eigenvalue weighted by molar-refractivity contribution is 0.0199. The molecule has 5 heteroatoms. The molecule has 0 aliphatic carbocycles. The molecule has 1 rings (SSSR count). The van der Waals surface area contributed by atoms with Crippen LogP contribution in [-0.2, 0) is 9.47 Å². The summed E-state index contributed by atoms with van der Waals surface area (Å²) >= 11 is 0. The van der Waals surface area contributed by atoms with Gasteiger partial charge in [-0.3, -0.25) is 0 Å². The van der Waals surface area contributed by atoms with Crippen LogP contribution in [0.25, 0.3) is 6.08 Å². The number of hydrogen-bond acceptors (Lipinski definition) is 3. The van der Waals surface area contributed by atoms with Gasteiger partial charge in [0.1, 0.15) is 18.1 Å². The van der Waals surface area contributed by atoms with Gasteiger partial charge >= 0.3 is 0 Å². The standard InChI is InChI=1S/C22H30F2O3/c1-7-18-9-11-19(12-10-18)27-14-16(4)26-13-15(3)20(8-2)22(24)21(23)17(5)25-6/h7,9-12,15-16H,1,8,13-14H2,2-6H3/b21-17-,22-20-. The summed E-state index contributed by atoms with van der Waals surface area (Å²) in [7, 11) is 1.31. The van der Waals surface area contributed by atoms with Crippen molar-refractivity contribution in [2.24, 2.45) is 5.92 Å². The van der Waals surface area contributed by atoms with Crippen LogP contribution in [0.4, 0.5) is 8.78 Å². The highest BCUT2D eigenvalue weighted by Gasteiger charge is 2.19. The van der Waals surface area contributed by atoms with E-state index in [2.05, 4.69) is 6.58 Å². The van der Waals surface area contributed by atoms with Gasteiger partial charge in [0.15, 0.2) is 11.7 Å². The molecule has 150 valence electrons. The molecule has 0 N–H and O–H groups in total. The minimum Gasteiger partial charge on any atom is -0.498 e. The van der Waals surface area contributed by atoms with E-state index in [9.17, 15) is 8.78 Å². The van der Waals surface area contributed by atoms with Crippen molar-refractivity contribution in [2.45, 2.75) is 40.2 Å². The Kier molecular flexibility index (Phi) is 9.79. The van der Waals surface area contributed by atoms with Crippen LogP contribution < -0.4 is 4.74 Å². The largest absolute Gasteiger partial charge is 0.498 e. The molecule has 1 aromatic rings. The summed E-state index contributed by atoms with van der Waals surface area (Å²) in [5, 5.41) is 0. The van der Waals surface area contributed by atoms with E-state index in [1.807, 2.05) is 38.1 Å². The molecule has 1 aromatic carbocycles. The van der Waals surface area contributed by atoms with Crippen LogP contribution in [0, 0.1) is 5.92 Å². The van der Waals surface area contributed by atoms with Crippen molar-refractivity contribution < 1.29 is 23.0 Å². The molecular weight excluding hydrogens is 350 g/mol. The van der Waals surface area contributed by atoms with E-state index in [0.717, 1.165) is 11.3 Å². The highest BCUT2D eigenvalue weighted by molar-refractivity contribution is 5.48. The molecule has 0 heterocycles. The minimum atomic E-state index is -0.958. The van der Waals surface area contributed by atoms with Crippen molar-refractivity contribution in [3.05, 3.63) is 59.4 Å². The summed E-state index contributed by atoms with van der Waals surface area (Å²) in [5.41, 5.74) is 1.39. The first-order valence-electron chi connectivity index (χ1n) is 9.10. The Morgan fingerprint density at radius 3 is 2.26 bits per heavy atom. The van der Waals surface area contributed by atoms with Gasteiger partial charge in [0, 0.05) is 5.92 Å². The lowest BCUT2D eigenvalue weighted by Gasteiger charge is -2.20. The van der Waals surface area contributed by atoms with Crippen LogP contribution in [0.2, 0.25) is 0 Å². The summed E-state index contributed by atoms with van der Waals surface area (Å²) in [6.45, 7) is 11.2. The van der Waals surface area contributed by atoms with Crippen molar-refractivity contribution in [3.8, 4) is 5.75 Å². The van der Waals surface area contributed by atoms with Gasteiger partial charge in [0.2, 0.25) is 0 Å². The van der Waals surface area contributed by atoms with E-state index in [-0.39, 0.29) is 24.4 Å². The molecule has 0 amide bonds. The van der Waals surface area contributed by atoms with Gasteiger partial charge in [0.05, 0.1) is 19.8 Å². The van der Waals surface area contributed by atoms with Gasteiger partial charge in [-0.05, 0) is 43.5 Å². The molecule has 0 bridgehead atoms. The van der Waals surface area contributed by atoms with Crippen molar-refractivity contribution in [1.82, 2.24) is 0 Å². The van der Waals surface area contributed by atoms with Crippen LogP contribution in [0.5, 0.6) is 5.75 Å². The second-order valence-electron chi connectivity index (χ2n) is 6.40. The van der Waals surface area contributed by atoms with Crippen molar-refractivity contribution >= 4 is 6.08 Å². The molecule has 0 fully saturated rings. The number of ether oxygens (including phenoxy) is 3. The van der Waals surface area contributed by atoms with Crippen LogP contribution in [0.1, 0.15) is 39.7 Å². The number of benzene rings is 1. The Balaban J connectivity index is 2.60.